The van der Waals surface area contributed by atoms with Crippen molar-refractivity contribution in [2.75, 3.05) is 6.61 Å². The molecule has 8 heteroatoms. The van der Waals surface area contributed by atoms with Crippen molar-refractivity contribution in [2.24, 2.45) is 5.92 Å². The molecule has 0 unspecified atom stereocenters. The fourth-order valence-corrected chi connectivity index (χ4v) is 2.27. The van der Waals surface area contributed by atoms with Gasteiger partial charge in [0.2, 0.25) is 0 Å². The Labute approximate surface area is 124 Å². The Morgan fingerprint density at radius 2 is 2.10 bits per heavy atom. The lowest BCUT2D eigenvalue weighted by molar-refractivity contribution is 0.0651. The number of rotatable bonds is 2. The number of imide groups is 1. The molecular weight excluding hydrogens is 310 g/mol. The molecule has 0 spiro atoms. The molecule has 0 saturated heterocycles. The normalized spacial score (nSPS) is 13.9. The minimum atomic E-state index is -0.849. The molecule has 1 aliphatic rings. The third kappa shape index (κ3) is 2.58. The zero-order chi connectivity index (χ0) is 15.0. The van der Waals surface area contributed by atoms with Gasteiger partial charge in [-0.05, 0) is 5.92 Å². The first-order valence-corrected chi connectivity index (χ1v) is 6.60. The quantitative estimate of drug-likeness (QED) is 0.785. The summed E-state index contributed by atoms with van der Waals surface area (Å²) in [7, 11) is 0. The summed E-state index contributed by atoms with van der Waals surface area (Å²) in [6.07, 6.45) is -0.841. The van der Waals surface area contributed by atoms with E-state index in [0.717, 1.165) is 4.90 Å². The largest absolute Gasteiger partial charge is 0.449 e. The molecule has 108 valence electrons. The third-order valence-electron chi connectivity index (χ3n) is 2.69. The van der Waals surface area contributed by atoms with Gasteiger partial charge in [0.15, 0.2) is 11.0 Å². The number of halogens is 3. The third-order valence-corrected chi connectivity index (χ3v) is 3.21. The van der Waals surface area contributed by atoms with Crippen LogP contribution >= 0.6 is 23.2 Å². The molecule has 2 heterocycles. The fraction of sp³-hybridized carbons (Fsp3) is 0.417. The Balaban J connectivity index is 2.28. The van der Waals surface area contributed by atoms with E-state index in [1.807, 2.05) is 13.8 Å². The maximum absolute atomic E-state index is 13.8. The van der Waals surface area contributed by atoms with Gasteiger partial charge in [0.25, 0.3) is 5.91 Å². The van der Waals surface area contributed by atoms with Gasteiger partial charge in [0, 0.05) is 5.56 Å². The molecule has 2 rings (SSSR count). The number of fused-ring (bicyclic) bond motifs is 1. The summed E-state index contributed by atoms with van der Waals surface area (Å²) in [6.45, 7) is 3.61. The van der Waals surface area contributed by atoms with Crippen molar-refractivity contribution < 1.29 is 18.7 Å². The summed E-state index contributed by atoms with van der Waals surface area (Å²) in [5.41, 5.74) is -0.184. The first-order valence-electron chi connectivity index (χ1n) is 5.85. The van der Waals surface area contributed by atoms with Crippen LogP contribution in [0.3, 0.4) is 0 Å². The second kappa shape index (κ2) is 5.54. The highest BCUT2D eigenvalue weighted by Gasteiger charge is 2.38. The molecular formula is C12H11Cl2FN2O3. The molecule has 1 aromatic heterocycles. The molecule has 0 atom stereocenters. The van der Waals surface area contributed by atoms with Gasteiger partial charge in [-0.2, -0.15) is 0 Å². The van der Waals surface area contributed by atoms with E-state index < -0.39 is 23.0 Å². The van der Waals surface area contributed by atoms with Crippen molar-refractivity contribution in [2.45, 2.75) is 20.4 Å². The van der Waals surface area contributed by atoms with Gasteiger partial charge in [-0.25, -0.2) is 19.1 Å². The number of hydrogen-bond donors (Lipinski definition) is 0. The van der Waals surface area contributed by atoms with Gasteiger partial charge in [-0.3, -0.25) is 4.79 Å². The van der Waals surface area contributed by atoms with Gasteiger partial charge in [0.05, 0.1) is 18.7 Å². The van der Waals surface area contributed by atoms with E-state index in [9.17, 15) is 14.0 Å². The Morgan fingerprint density at radius 1 is 1.45 bits per heavy atom. The van der Waals surface area contributed by atoms with Crippen LogP contribution in [-0.4, -0.2) is 28.5 Å². The highest BCUT2D eigenvalue weighted by molar-refractivity contribution is 6.35. The predicted molar refractivity (Wildman–Crippen MR) is 70.3 cm³/mol. The number of carbonyl (C=O) groups is 2. The van der Waals surface area contributed by atoms with Crippen molar-refractivity contribution in [3.05, 3.63) is 27.3 Å². The zero-order valence-corrected chi connectivity index (χ0v) is 12.3. The van der Waals surface area contributed by atoms with Crippen LogP contribution in [0.4, 0.5) is 9.18 Å². The zero-order valence-electron chi connectivity index (χ0n) is 10.7. The maximum Gasteiger partial charge on any atom is 0.417 e. The number of carbonyl (C=O) groups excluding carboxylic acids is 2. The monoisotopic (exact) mass is 320 g/mol. The fourth-order valence-electron chi connectivity index (χ4n) is 1.74. The lowest BCUT2D eigenvalue weighted by atomic mass is 10.2. The molecule has 5 nitrogen and oxygen atoms in total. The van der Waals surface area contributed by atoms with E-state index in [0.29, 0.717) is 0 Å². The molecule has 0 N–H and O–H groups in total. The van der Waals surface area contributed by atoms with Crippen molar-refractivity contribution in [1.29, 1.82) is 0 Å². The summed E-state index contributed by atoms with van der Waals surface area (Å²) in [6, 6.07) is 0. The van der Waals surface area contributed by atoms with Crippen molar-refractivity contribution in [1.82, 2.24) is 9.88 Å². The van der Waals surface area contributed by atoms with Crippen LogP contribution in [0.1, 0.15) is 29.8 Å². The molecule has 1 aliphatic heterocycles. The molecule has 0 radical (unpaired) electrons. The van der Waals surface area contributed by atoms with Gasteiger partial charge >= 0.3 is 6.09 Å². The first-order chi connectivity index (χ1) is 9.32. The van der Waals surface area contributed by atoms with Gasteiger partial charge in [-0.15, -0.1) is 0 Å². The van der Waals surface area contributed by atoms with E-state index in [4.69, 9.17) is 27.9 Å². The molecule has 0 bridgehead atoms. The second-order valence-electron chi connectivity index (χ2n) is 4.72. The van der Waals surface area contributed by atoms with E-state index in [1.165, 1.54) is 0 Å². The smallest absolute Gasteiger partial charge is 0.417 e. The molecule has 0 aromatic carbocycles. The van der Waals surface area contributed by atoms with E-state index >= 15 is 0 Å². The molecule has 0 saturated carbocycles. The first kappa shape index (κ1) is 15.0. The lowest BCUT2D eigenvalue weighted by Gasteiger charge is -2.14. The number of amides is 2. The number of pyridine rings is 1. The standard InChI is InChI=1S/C12H11Cl2FN2O3/c1-5(2)4-20-12(19)17-3-6-7(11(17)18)9(13)16-10(14)8(6)15/h5H,3-4H2,1-2H3. The highest BCUT2D eigenvalue weighted by Crippen LogP contribution is 2.33. The van der Waals surface area contributed by atoms with Crippen molar-refractivity contribution >= 4 is 35.2 Å². The topological polar surface area (TPSA) is 59.5 Å². The minimum absolute atomic E-state index is 0.0403. The molecule has 2 amide bonds. The van der Waals surface area contributed by atoms with Gasteiger partial charge in [0.1, 0.15) is 5.15 Å². The van der Waals surface area contributed by atoms with Crippen LogP contribution in [0.15, 0.2) is 0 Å². The average Bonchev–Trinajstić information content (AvgIpc) is 2.71. The Kier molecular flexibility index (Phi) is 4.15. The van der Waals surface area contributed by atoms with Crippen molar-refractivity contribution in [3.8, 4) is 0 Å². The van der Waals surface area contributed by atoms with E-state index in [-0.39, 0.29) is 35.3 Å². The summed E-state index contributed by atoms with van der Waals surface area (Å²) in [4.78, 5) is 28.2. The highest BCUT2D eigenvalue weighted by atomic mass is 35.5. The summed E-state index contributed by atoms with van der Waals surface area (Å²) in [5.74, 6) is -1.46. The molecule has 20 heavy (non-hydrogen) atoms. The lowest BCUT2D eigenvalue weighted by Crippen LogP contribution is -2.32. The van der Waals surface area contributed by atoms with Crippen LogP contribution in [0.25, 0.3) is 0 Å². The Hall–Kier alpha value is -1.40. The van der Waals surface area contributed by atoms with Crippen LogP contribution < -0.4 is 0 Å². The number of ether oxygens (including phenoxy) is 1. The molecule has 0 aliphatic carbocycles. The maximum atomic E-state index is 13.8. The van der Waals surface area contributed by atoms with Gasteiger partial charge < -0.3 is 4.74 Å². The van der Waals surface area contributed by atoms with Crippen LogP contribution in [0, 0.1) is 11.7 Å². The second-order valence-corrected chi connectivity index (χ2v) is 5.44. The molecule has 0 fully saturated rings. The average molecular weight is 321 g/mol. The predicted octanol–water partition coefficient (Wildman–Crippen LogP) is 3.28. The summed E-state index contributed by atoms with van der Waals surface area (Å²) >= 11 is 11.3. The van der Waals surface area contributed by atoms with E-state index in [1.54, 1.807) is 0 Å². The number of nitrogens with zero attached hydrogens (tertiary/aromatic N) is 2. The van der Waals surface area contributed by atoms with Crippen LogP contribution in [0.5, 0.6) is 0 Å². The summed E-state index contributed by atoms with van der Waals surface area (Å²) < 4.78 is 18.8. The van der Waals surface area contributed by atoms with Gasteiger partial charge in [-0.1, -0.05) is 37.0 Å². The summed E-state index contributed by atoms with van der Waals surface area (Å²) in [5, 5.41) is -0.658. The number of aromatic nitrogens is 1. The Morgan fingerprint density at radius 3 is 2.70 bits per heavy atom. The van der Waals surface area contributed by atoms with E-state index in [2.05, 4.69) is 4.98 Å². The Bertz CT molecular complexity index is 593. The van der Waals surface area contributed by atoms with Crippen LogP contribution in [-0.2, 0) is 11.3 Å². The number of hydrogen-bond acceptors (Lipinski definition) is 4. The minimum Gasteiger partial charge on any atom is -0.449 e. The molecule has 1 aromatic rings. The SMILES string of the molecule is CC(C)COC(=O)N1Cc2c(F)c(Cl)nc(Cl)c2C1=O. The van der Waals surface area contributed by atoms with Crippen molar-refractivity contribution in [3.63, 3.8) is 0 Å². The van der Waals surface area contributed by atoms with Crippen LogP contribution in [0.2, 0.25) is 10.3 Å².